The second kappa shape index (κ2) is 9.38. The van der Waals surface area contributed by atoms with Crippen molar-refractivity contribution in [3.63, 3.8) is 0 Å². The van der Waals surface area contributed by atoms with Gasteiger partial charge in [0.1, 0.15) is 5.75 Å². The number of carbonyl (C=O) groups is 1. The molecule has 2 aromatic rings. The molecule has 152 valence electrons. The molecule has 0 bridgehead atoms. The van der Waals surface area contributed by atoms with E-state index >= 15 is 0 Å². The van der Waals surface area contributed by atoms with E-state index in [4.69, 9.17) is 4.74 Å². The number of nitrogens with zero attached hydrogens (tertiary/aromatic N) is 1. The minimum absolute atomic E-state index is 0. The van der Waals surface area contributed by atoms with Gasteiger partial charge in [-0.15, -0.1) is 12.4 Å². The van der Waals surface area contributed by atoms with E-state index in [-0.39, 0.29) is 29.3 Å². The summed E-state index contributed by atoms with van der Waals surface area (Å²) in [4.78, 5) is 11.3. The van der Waals surface area contributed by atoms with E-state index in [1.807, 2.05) is 24.3 Å². The second-order valence-corrected chi connectivity index (χ2v) is 8.17. The number of anilines is 1. The summed E-state index contributed by atoms with van der Waals surface area (Å²) in [6.45, 7) is 2.85. The number of ether oxygens (including phenoxy) is 1. The van der Waals surface area contributed by atoms with E-state index in [2.05, 4.69) is 10.6 Å². The summed E-state index contributed by atoms with van der Waals surface area (Å²) in [7, 11) is -2.13. The Morgan fingerprint density at radius 1 is 1.18 bits per heavy atom. The molecule has 1 fully saturated rings. The van der Waals surface area contributed by atoms with Crippen LogP contribution in [0.4, 0.5) is 5.69 Å². The van der Waals surface area contributed by atoms with Gasteiger partial charge in [0.05, 0.1) is 18.0 Å². The molecule has 1 atom stereocenters. The molecule has 0 aromatic heterocycles. The van der Waals surface area contributed by atoms with Gasteiger partial charge < -0.3 is 15.4 Å². The number of rotatable bonds is 5. The van der Waals surface area contributed by atoms with Crippen LogP contribution in [0.2, 0.25) is 0 Å². The Kier molecular flexibility index (Phi) is 7.42. The van der Waals surface area contributed by atoms with Gasteiger partial charge in [0.2, 0.25) is 15.9 Å². The summed E-state index contributed by atoms with van der Waals surface area (Å²) >= 11 is 0. The molecule has 28 heavy (non-hydrogen) atoms. The number of carbonyl (C=O) groups excluding carboxylic acids is 1. The van der Waals surface area contributed by atoms with Crippen molar-refractivity contribution in [2.45, 2.75) is 17.9 Å². The van der Waals surface area contributed by atoms with Gasteiger partial charge in [-0.3, -0.25) is 4.79 Å². The molecule has 2 N–H and O–H groups in total. The van der Waals surface area contributed by atoms with Gasteiger partial charge in [0.25, 0.3) is 0 Å². The lowest BCUT2D eigenvalue weighted by molar-refractivity contribution is -0.114. The highest BCUT2D eigenvalue weighted by atomic mass is 35.5. The Hall–Kier alpha value is -2.13. The maximum atomic E-state index is 13.3. The Bertz CT molecular complexity index is 919. The van der Waals surface area contributed by atoms with Crippen LogP contribution in [0, 0.1) is 0 Å². The Morgan fingerprint density at radius 2 is 1.86 bits per heavy atom. The SMILES string of the molecule is COc1ccccc1C1CNCCN1S(=O)(=O)c1ccc(NC(C)=O)cc1.Cl. The topological polar surface area (TPSA) is 87.7 Å². The van der Waals surface area contributed by atoms with Crippen molar-refractivity contribution in [2.75, 3.05) is 32.1 Å². The van der Waals surface area contributed by atoms with Crippen LogP contribution < -0.4 is 15.4 Å². The van der Waals surface area contributed by atoms with Crippen molar-refractivity contribution in [1.29, 1.82) is 0 Å². The van der Waals surface area contributed by atoms with Crippen LogP contribution >= 0.6 is 12.4 Å². The third kappa shape index (κ3) is 4.64. The fraction of sp³-hybridized carbons (Fsp3) is 0.316. The van der Waals surface area contributed by atoms with Gasteiger partial charge in [-0.1, -0.05) is 18.2 Å². The molecule has 0 spiro atoms. The average molecular weight is 426 g/mol. The van der Waals surface area contributed by atoms with Crippen molar-refractivity contribution in [2.24, 2.45) is 0 Å². The number of sulfonamides is 1. The first kappa shape index (κ1) is 22.2. The average Bonchev–Trinajstić information content (AvgIpc) is 2.68. The molecule has 7 nitrogen and oxygen atoms in total. The number of para-hydroxylation sites is 1. The zero-order chi connectivity index (χ0) is 19.4. The predicted octanol–water partition coefficient (Wildman–Crippen LogP) is 2.41. The van der Waals surface area contributed by atoms with Gasteiger partial charge in [-0.25, -0.2) is 8.42 Å². The molecule has 2 aromatic carbocycles. The van der Waals surface area contributed by atoms with Crippen LogP contribution in [-0.2, 0) is 14.8 Å². The molecule has 1 saturated heterocycles. The number of methoxy groups -OCH3 is 1. The molecular formula is C19H24ClN3O4S. The molecule has 0 radical (unpaired) electrons. The summed E-state index contributed by atoms with van der Waals surface area (Å²) < 4.78 is 33.5. The van der Waals surface area contributed by atoms with Crippen LogP contribution in [0.5, 0.6) is 5.75 Å². The Morgan fingerprint density at radius 3 is 2.50 bits per heavy atom. The number of amides is 1. The van der Waals surface area contributed by atoms with E-state index in [0.717, 1.165) is 5.56 Å². The van der Waals surface area contributed by atoms with Gasteiger partial charge in [0, 0.05) is 37.8 Å². The highest BCUT2D eigenvalue weighted by Gasteiger charge is 2.35. The minimum Gasteiger partial charge on any atom is -0.496 e. The number of hydrogen-bond donors (Lipinski definition) is 2. The summed E-state index contributed by atoms with van der Waals surface area (Å²) in [6.07, 6.45) is 0. The van der Waals surface area contributed by atoms with Crippen LogP contribution in [-0.4, -0.2) is 45.4 Å². The lowest BCUT2D eigenvalue weighted by Crippen LogP contribution is -2.48. The number of halogens is 1. The first-order valence-electron chi connectivity index (χ1n) is 8.66. The standard InChI is InChI=1S/C19H23N3O4S.ClH/c1-14(23)21-15-7-9-16(10-8-15)27(24,25)22-12-11-20-13-18(22)17-5-3-4-6-19(17)26-2;/h3-10,18,20H,11-13H2,1-2H3,(H,21,23);1H. The normalized spacial score (nSPS) is 17.4. The second-order valence-electron chi connectivity index (χ2n) is 6.28. The first-order valence-corrected chi connectivity index (χ1v) is 10.1. The summed E-state index contributed by atoms with van der Waals surface area (Å²) in [5, 5.41) is 5.90. The minimum atomic E-state index is -3.70. The maximum Gasteiger partial charge on any atom is 0.243 e. The van der Waals surface area contributed by atoms with Crippen LogP contribution in [0.1, 0.15) is 18.5 Å². The van der Waals surface area contributed by atoms with E-state index in [1.165, 1.54) is 23.4 Å². The van der Waals surface area contributed by atoms with E-state index < -0.39 is 10.0 Å². The predicted molar refractivity (Wildman–Crippen MR) is 110 cm³/mol. The van der Waals surface area contributed by atoms with Crippen molar-refractivity contribution in [1.82, 2.24) is 9.62 Å². The molecule has 1 unspecified atom stereocenters. The molecule has 1 aliphatic heterocycles. The quantitative estimate of drug-likeness (QED) is 0.768. The Balaban J connectivity index is 0.00000280. The fourth-order valence-electron chi connectivity index (χ4n) is 3.23. The zero-order valence-corrected chi connectivity index (χ0v) is 17.3. The largest absolute Gasteiger partial charge is 0.496 e. The molecule has 1 aliphatic rings. The first-order chi connectivity index (χ1) is 12.9. The Labute approximate surface area is 171 Å². The van der Waals surface area contributed by atoms with Crippen molar-refractivity contribution >= 4 is 34.0 Å². The maximum absolute atomic E-state index is 13.3. The third-order valence-electron chi connectivity index (χ3n) is 4.47. The lowest BCUT2D eigenvalue weighted by Gasteiger charge is -2.36. The molecule has 0 saturated carbocycles. The van der Waals surface area contributed by atoms with Gasteiger partial charge in [0.15, 0.2) is 0 Å². The van der Waals surface area contributed by atoms with Crippen molar-refractivity contribution in [3.8, 4) is 5.75 Å². The van der Waals surface area contributed by atoms with Gasteiger partial charge >= 0.3 is 0 Å². The van der Waals surface area contributed by atoms with E-state index in [9.17, 15) is 13.2 Å². The van der Waals surface area contributed by atoms with Crippen LogP contribution in [0.25, 0.3) is 0 Å². The monoisotopic (exact) mass is 425 g/mol. The lowest BCUT2D eigenvalue weighted by atomic mass is 10.0. The number of benzene rings is 2. The molecular weight excluding hydrogens is 402 g/mol. The smallest absolute Gasteiger partial charge is 0.243 e. The van der Waals surface area contributed by atoms with Crippen molar-refractivity contribution < 1.29 is 17.9 Å². The fourth-order valence-corrected chi connectivity index (χ4v) is 4.83. The summed E-state index contributed by atoms with van der Waals surface area (Å²) in [5.74, 6) is 0.455. The van der Waals surface area contributed by atoms with Crippen molar-refractivity contribution in [3.05, 3.63) is 54.1 Å². The molecule has 0 aliphatic carbocycles. The molecule has 1 heterocycles. The highest BCUT2D eigenvalue weighted by molar-refractivity contribution is 7.89. The third-order valence-corrected chi connectivity index (χ3v) is 6.40. The van der Waals surface area contributed by atoms with E-state index in [0.29, 0.717) is 31.1 Å². The highest BCUT2D eigenvalue weighted by Crippen LogP contribution is 2.34. The van der Waals surface area contributed by atoms with Crippen LogP contribution in [0.3, 0.4) is 0 Å². The molecule has 1 amide bonds. The zero-order valence-electron chi connectivity index (χ0n) is 15.7. The molecule has 3 rings (SSSR count). The summed E-state index contributed by atoms with van der Waals surface area (Å²) in [5.41, 5.74) is 1.38. The van der Waals surface area contributed by atoms with Gasteiger partial charge in [-0.2, -0.15) is 4.31 Å². The van der Waals surface area contributed by atoms with Crippen LogP contribution in [0.15, 0.2) is 53.4 Å². The molecule has 9 heteroatoms. The summed E-state index contributed by atoms with van der Waals surface area (Å²) in [6, 6.07) is 13.3. The van der Waals surface area contributed by atoms with Gasteiger partial charge in [-0.05, 0) is 30.3 Å². The number of hydrogen-bond acceptors (Lipinski definition) is 5. The number of nitrogens with one attached hydrogen (secondary N) is 2. The number of piperazine rings is 1. The van der Waals surface area contributed by atoms with E-state index in [1.54, 1.807) is 19.2 Å².